The molecular weight excluding hydrogens is 356 g/mol. The fourth-order valence-corrected chi connectivity index (χ4v) is 3.22. The van der Waals surface area contributed by atoms with E-state index < -0.39 is 0 Å². The molecule has 9 heteroatoms. The predicted molar refractivity (Wildman–Crippen MR) is 96.0 cm³/mol. The molecule has 1 aliphatic rings. The van der Waals surface area contributed by atoms with E-state index in [9.17, 15) is 0 Å². The lowest BCUT2D eigenvalue weighted by atomic mass is 10.2. The van der Waals surface area contributed by atoms with Gasteiger partial charge in [0.25, 0.3) is 0 Å². The lowest BCUT2D eigenvalue weighted by Crippen LogP contribution is -2.47. The Balaban J connectivity index is 1.41. The van der Waals surface area contributed by atoms with Crippen LogP contribution >= 0.6 is 11.6 Å². The molecule has 0 aliphatic carbocycles. The van der Waals surface area contributed by atoms with Gasteiger partial charge in [-0.2, -0.15) is 9.97 Å². The van der Waals surface area contributed by atoms with Crippen LogP contribution in [0.25, 0.3) is 11.4 Å². The molecule has 2 aromatic heterocycles. The van der Waals surface area contributed by atoms with E-state index in [2.05, 4.69) is 37.0 Å². The molecule has 0 saturated carbocycles. The molecule has 1 fully saturated rings. The van der Waals surface area contributed by atoms with Crippen LogP contribution in [0.15, 0.2) is 33.3 Å². The molecule has 0 radical (unpaired) electrons. The molecule has 0 N–H and O–H groups in total. The fourth-order valence-electron chi connectivity index (χ4n) is 3.03. The van der Waals surface area contributed by atoms with Crippen LogP contribution in [0.1, 0.15) is 24.7 Å². The van der Waals surface area contributed by atoms with Crippen molar-refractivity contribution >= 4 is 17.6 Å². The number of anilines is 1. The number of piperazine rings is 1. The van der Waals surface area contributed by atoms with E-state index in [4.69, 9.17) is 20.6 Å². The average Bonchev–Trinajstić information content (AvgIpc) is 3.31. The maximum Gasteiger partial charge on any atom is 0.324 e. The number of hydrogen-bond acceptors (Lipinski definition) is 8. The Hall–Kier alpha value is -2.45. The van der Waals surface area contributed by atoms with Crippen molar-refractivity contribution in [1.82, 2.24) is 25.2 Å². The molecule has 1 atom stereocenters. The minimum Gasteiger partial charge on any atom is -0.338 e. The number of benzene rings is 1. The lowest BCUT2D eigenvalue weighted by Gasteiger charge is -2.35. The summed E-state index contributed by atoms with van der Waals surface area (Å²) in [7, 11) is 0. The first-order valence-electron chi connectivity index (χ1n) is 8.49. The largest absolute Gasteiger partial charge is 0.338 e. The van der Waals surface area contributed by atoms with E-state index >= 15 is 0 Å². The van der Waals surface area contributed by atoms with Crippen LogP contribution in [0.2, 0.25) is 5.02 Å². The van der Waals surface area contributed by atoms with Crippen molar-refractivity contribution in [1.29, 1.82) is 0 Å². The van der Waals surface area contributed by atoms with Gasteiger partial charge in [0.1, 0.15) is 0 Å². The summed E-state index contributed by atoms with van der Waals surface area (Å²) in [5, 5.41) is 8.59. The SMILES string of the molecule is Cc1noc(C(C)N2CCN(c3nc(-c4cccc(Cl)c4)no3)CC2)n1. The second-order valence-electron chi connectivity index (χ2n) is 6.29. The van der Waals surface area contributed by atoms with E-state index in [1.807, 2.05) is 31.2 Å². The van der Waals surface area contributed by atoms with Gasteiger partial charge in [-0.1, -0.05) is 34.0 Å². The minimum absolute atomic E-state index is 0.0862. The highest BCUT2D eigenvalue weighted by atomic mass is 35.5. The number of aryl methyl sites for hydroxylation is 1. The number of nitrogens with zero attached hydrogens (tertiary/aromatic N) is 6. The van der Waals surface area contributed by atoms with E-state index in [1.165, 1.54) is 0 Å². The van der Waals surface area contributed by atoms with Crippen LogP contribution in [0, 0.1) is 6.92 Å². The number of halogens is 1. The van der Waals surface area contributed by atoms with Crippen LogP contribution in [0.3, 0.4) is 0 Å². The highest BCUT2D eigenvalue weighted by Crippen LogP contribution is 2.25. The third-order valence-corrected chi connectivity index (χ3v) is 4.77. The van der Waals surface area contributed by atoms with Crippen molar-refractivity contribution in [2.24, 2.45) is 0 Å². The van der Waals surface area contributed by atoms with Gasteiger partial charge in [0.2, 0.25) is 11.7 Å². The summed E-state index contributed by atoms with van der Waals surface area (Å²) >= 11 is 6.03. The Kier molecular flexibility index (Phi) is 4.60. The molecule has 3 heterocycles. The normalized spacial score (nSPS) is 16.8. The number of aromatic nitrogens is 4. The Morgan fingerprint density at radius 1 is 1.08 bits per heavy atom. The van der Waals surface area contributed by atoms with Gasteiger partial charge in [-0.25, -0.2) is 0 Å². The third-order valence-electron chi connectivity index (χ3n) is 4.53. The van der Waals surface area contributed by atoms with Crippen LogP contribution in [0.4, 0.5) is 6.01 Å². The lowest BCUT2D eigenvalue weighted by molar-refractivity contribution is 0.161. The summed E-state index contributed by atoms with van der Waals surface area (Å²) in [5.41, 5.74) is 0.839. The van der Waals surface area contributed by atoms with Crippen LogP contribution in [0.5, 0.6) is 0 Å². The van der Waals surface area contributed by atoms with Gasteiger partial charge >= 0.3 is 6.01 Å². The van der Waals surface area contributed by atoms with E-state index in [1.54, 1.807) is 0 Å². The van der Waals surface area contributed by atoms with Crippen LogP contribution in [-0.2, 0) is 0 Å². The first-order chi connectivity index (χ1) is 12.6. The quantitative estimate of drug-likeness (QED) is 0.689. The van der Waals surface area contributed by atoms with Gasteiger partial charge in [-0.05, 0) is 26.0 Å². The summed E-state index contributed by atoms with van der Waals surface area (Å²) in [5.74, 6) is 1.85. The molecule has 0 bridgehead atoms. The van der Waals surface area contributed by atoms with Crippen molar-refractivity contribution in [2.45, 2.75) is 19.9 Å². The van der Waals surface area contributed by atoms with Gasteiger partial charge in [-0.3, -0.25) is 4.90 Å². The van der Waals surface area contributed by atoms with Gasteiger partial charge < -0.3 is 13.9 Å². The number of hydrogen-bond donors (Lipinski definition) is 0. The fraction of sp³-hybridized carbons (Fsp3) is 0.412. The van der Waals surface area contributed by atoms with Crippen LogP contribution < -0.4 is 4.90 Å². The summed E-state index contributed by atoms with van der Waals surface area (Å²) < 4.78 is 10.7. The average molecular weight is 375 g/mol. The maximum absolute atomic E-state index is 6.03. The van der Waals surface area contributed by atoms with E-state index in [0.717, 1.165) is 31.7 Å². The molecule has 1 aliphatic heterocycles. The molecule has 0 amide bonds. The molecular formula is C17H19ClN6O2. The smallest absolute Gasteiger partial charge is 0.324 e. The Bertz CT molecular complexity index is 887. The number of rotatable bonds is 4. The zero-order chi connectivity index (χ0) is 18.1. The zero-order valence-electron chi connectivity index (χ0n) is 14.6. The van der Waals surface area contributed by atoms with Gasteiger partial charge in [0.05, 0.1) is 6.04 Å². The Morgan fingerprint density at radius 3 is 2.58 bits per heavy atom. The molecule has 26 heavy (non-hydrogen) atoms. The second-order valence-corrected chi connectivity index (χ2v) is 6.73. The monoisotopic (exact) mass is 374 g/mol. The summed E-state index contributed by atoms with van der Waals surface area (Å²) in [6, 6.07) is 8.03. The summed E-state index contributed by atoms with van der Waals surface area (Å²) in [6.07, 6.45) is 0. The summed E-state index contributed by atoms with van der Waals surface area (Å²) in [6.45, 7) is 7.16. The maximum atomic E-state index is 6.03. The van der Waals surface area contributed by atoms with Crippen LogP contribution in [-0.4, -0.2) is 51.4 Å². The molecule has 3 aromatic rings. The molecule has 0 spiro atoms. The summed E-state index contributed by atoms with van der Waals surface area (Å²) in [4.78, 5) is 13.2. The highest BCUT2D eigenvalue weighted by Gasteiger charge is 2.27. The van der Waals surface area contributed by atoms with Gasteiger partial charge in [0.15, 0.2) is 5.82 Å². The van der Waals surface area contributed by atoms with Crippen molar-refractivity contribution in [3.05, 3.63) is 41.0 Å². The minimum atomic E-state index is 0.0862. The van der Waals surface area contributed by atoms with Crippen molar-refractivity contribution in [3.63, 3.8) is 0 Å². The van der Waals surface area contributed by atoms with E-state index in [-0.39, 0.29) is 6.04 Å². The highest BCUT2D eigenvalue weighted by molar-refractivity contribution is 6.30. The first-order valence-corrected chi connectivity index (χ1v) is 8.87. The third kappa shape index (κ3) is 3.42. The molecule has 1 saturated heterocycles. The predicted octanol–water partition coefficient (Wildman–Crippen LogP) is 2.96. The zero-order valence-corrected chi connectivity index (χ0v) is 15.3. The second kappa shape index (κ2) is 7.05. The molecule has 8 nitrogen and oxygen atoms in total. The molecule has 1 aromatic carbocycles. The van der Waals surface area contributed by atoms with Crippen molar-refractivity contribution in [2.75, 3.05) is 31.1 Å². The standard InChI is InChI=1S/C17H19ClN6O2/c1-11(16-19-12(2)21-25-16)23-6-8-24(9-7-23)17-20-15(22-26-17)13-4-3-5-14(18)10-13/h3-5,10-11H,6-9H2,1-2H3. The Labute approximate surface area is 155 Å². The van der Waals surface area contributed by atoms with Gasteiger partial charge in [-0.15, -0.1) is 0 Å². The molecule has 136 valence electrons. The molecule has 1 unspecified atom stereocenters. The van der Waals surface area contributed by atoms with Crippen molar-refractivity contribution in [3.8, 4) is 11.4 Å². The molecule has 4 rings (SSSR count). The topological polar surface area (TPSA) is 84.3 Å². The van der Waals surface area contributed by atoms with E-state index in [0.29, 0.717) is 28.6 Å². The van der Waals surface area contributed by atoms with Crippen molar-refractivity contribution < 1.29 is 9.05 Å². The van der Waals surface area contributed by atoms with Gasteiger partial charge in [0, 0.05) is 36.8 Å². The Morgan fingerprint density at radius 2 is 1.88 bits per heavy atom. The first kappa shape index (κ1) is 17.0.